The first-order valence-electron chi connectivity index (χ1n) is 17.4. The Labute approximate surface area is 320 Å². The van der Waals surface area contributed by atoms with Crippen LogP contribution in [0.3, 0.4) is 0 Å². The zero-order valence-corrected chi connectivity index (χ0v) is 32.4. The summed E-state index contributed by atoms with van der Waals surface area (Å²) >= 11 is 0. The molecule has 3 fully saturated rings. The van der Waals surface area contributed by atoms with Crippen LogP contribution in [-0.2, 0) is 99.9 Å². The second kappa shape index (κ2) is 20.1. The number of ether oxygens (including phenoxy) is 13. The second-order valence-electron chi connectivity index (χ2n) is 13.0. The van der Waals surface area contributed by atoms with Gasteiger partial charge in [0.15, 0.2) is 67.7 Å². The van der Waals surface area contributed by atoms with E-state index in [1.54, 1.807) is 0 Å². The molecule has 316 valence electrons. The standard InChI is InChI=1S/C34H48O22/c1-12-23(47-15(4)36)26(50-18(7)39)30(53-21(10)42)33(45-12)56-31-27(51-19(8)40)24(48-16(5)37)13(2)46-34(31)55-28-25(49-17(6)38)22(11-44-14(3)35)54-32(43)29(28)52-20(9)41/h12-13,22-34,43H,11H2,1-10H3/t12-,13-,22+,23-,24+,25+,26+,27+,28-,29-,30+,31-,32-,33-,34-/m0/s1. The van der Waals surface area contributed by atoms with E-state index in [9.17, 15) is 43.5 Å². The molecule has 0 unspecified atom stereocenters. The average Bonchev–Trinajstić information content (AvgIpc) is 3.04. The zero-order valence-electron chi connectivity index (χ0n) is 32.4. The summed E-state index contributed by atoms with van der Waals surface area (Å²) in [6.07, 6.45) is -24.0. The lowest BCUT2D eigenvalue weighted by molar-refractivity contribution is -0.384. The molecule has 0 aromatic rings. The van der Waals surface area contributed by atoms with Gasteiger partial charge in [-0.1, -0.05) is 0 Å². The maximum atomic E-state index is 12.6. The first-order chi connectivity index (χ1) is 26.1. The highest BCUT2D eigenvalue weighted by Gasteiger charge is 2.59. The van der Waals surface area contributed by atoms with E-state index in [0.29, 0.717) is 0 Å². The van der Waals surface area contributed by atoms with Gasteiger partial charge in [0.1, 0.15) is 18.8 Å². The smallest absolute Gasteiger partial charge is 0.303 e. The molecule has 56 heavy (non-hydrogen) atoms. The summed E-state index contributed by atoms with van der Waals surface area (Å²) in [4.78, 5) is 98.1. The Morgan fingerprint density at radius 2 is 0.750 bits per heavy atom. The van der Waals surface area contributed by atoms with E-state index in [-0.39, 0.29) is 0 Å². The maximum absolute atomic E-state index is 12.6. The molecule has 0 aliphatic carbocycles. The maximum Gasteiger partial charge on any atom is 0.303 e. The van der Waals surface area contributed by atoms with Crippen LogP contribution in [0.1, 0.15) is 69.2 Å². The summed E-state index contributed by atoms with van der Waals surface area (Å²) in [6, 6.07) is 0. The molecular formula is C34H48O22. The van der Waals surface area contributed by atoms with Gasteiger partial charge in [0.05, 0.1) is 12.2 Å². The Kier molecular flexibility index (Phi) is 16.5. The third kappa shape index (κ3) is 12.5. The Morgan fingerprint density at radius 1 is 0.411 bits per heavy atom. The average molecular weight is 809 g/mol. The van der Waals surface area contributed by atoms with Crippen LogP contribution >= 0.6 is 0 Å². The Bertz CT molecular complexity index is 1460. The number of carbonyl (C=O) groups excluding carboxylic acids is 8. The normalized spacial score (nSPS) is 35.4. The van der Waals surface area contributed by atoms with Crippen LogP contribution in [0.15, 0.2) is 0 Å². The van der Waals surface area contributed by atoms with E-state index in [1.807, 2.05) is 0 Å². The van der Waals surface area contributed by atoms with Crippen molar-refractivity contribution in [3.8, 4) is 0 Å². The van der Waals surface area contributed by atoms with Gasteiger partial charge in [0, 0.05) is 55.4 Å². The number of hydrogen-bond donors (Lipinski definition) is 1. The van der Waals surface area contributed by atoms with Crippen molar-refractivity contribution in [3.05, 3.63) is 0 Å². The SMILES string of the molecule is CC(=O)OC[C@H]1O[C@H](O)[C@@H](OC(C)=O)[C@@H](O[C@@H]2O[C@@H](C)[C@@H](OC(C)=O)[C@@H](OC(C)=O)[C@@H]2O[C@@H]2O[C@@H](C)[C@H](OC(C)=O)[C@@H](OC(C)=O)[C@H]2OC(C)=O)[C@@H]1OC(C)=O. The van der Waals surface area contributed by atoms with Crippen molar-refractivity contribution >= 4 is 47.8 Å². The van der Waals surface area contributed by atoms with E-state index in [2.05, 4.69) is 0 Å². The van der Waals surface area contributed by atoms with E-state index in [4.69, 9.17) is 61.6 Å². The lowest BCUT2D eigenvalue weighted by atomic mass is 9.95. The second-order valence-corrected chi connectivity index (χ2v) is 13.0. The molecule has 0 amide bonds. The Balaban J connectivity index is 2.23. The number of carbonyl (C=O) groups is 8. The molecule has 0 aromatic carbocycles. The number of esters is 8. The van der Waals surface area contributed by atoms with Crippen molar-refractivity contribution in [1.29, 1.82) is 0 Å². The monoisotopic (exact) mass is 808 g/mol. The summed E-state index contributed by atoms with van der Waals surface area (Å²) in [6.45, 7) is 10.6. The summed E-state index contributed by atoms with van der Waals surface area (Å²) in [7, 11) is 0. The first kappa shape index (κ1) is 45.9. The van der Waals surface area contributed by atoms with Crippen molar-refractivity contribution < 1.29 is 105 Å². The Morgan fingerprint density at radius 3 is 1.18 bits per heavy atom. The molecule has 0 saturated carbocycles. The van der Waals surface area contributed by atoms with Gasteiger partial charge in [-0.3, -0.25) is 38.4 Å². The minimum atomic E-state index is -1.99. The molecule has 0 aromatic heterocycles. The van der Waals surface area contributed by atoms with Crippen molar-refractivity contribution in [2.45, 2.75) is 161 Å². The van der Waals surface area contributed by atoms with Gasteiger partial charge < -0.3 is 66.7 Å². The van der Waals surface area contributed by atoms with Crippen LogP contribution in [0.5, 0.6) is 0 Å². The van der Waals surface area contributed by atoms with Gasteiger partial charge in [0.25, 0.3) is 0 Å². The largest absolute Gasteiger partial charge is 0.463 e. The lowest BCUT2D eigenvalue weighted by Gasteiger charge is -2.50. The van der Waals surface area contributed by atoms with E-state index in [1.165, 1.54) is 13.8 Å². The topological polar surface area (TPSA) is 277 Å². The fourth-order valence-electron chi connectivity index (χ4n) is 6.33. The summed E-state index contributed by atoms with van der Waals surface area (Å²) in [5.41, 5.74) is 0. The Hall–Kier alpha value is -4.48. The molecule has 1 N–H and O–H groups in total. The van der Waals surface area contributed by atoms with Crippen LogP contribution in [0.25, 0.3) is 0 Å². The highest BCUT2D eigenvalue weighted by molar-refractivity contribution is 5.69. The van der Waals surface area contributed by atoms with Gasteiger partial charge in [-0.2, -0.15) is 0 Å². The number of hydrogen-bond acceptors (Lipinski definition) is 22. The lowest BCUT2D eigenvalue weighted by Crippen LogP contribution is -2.68. The highest BCUT2D eigenvalue weighted by atomic mass is 16.8. The van der Waals surface area contributed by atoms with Gasteiger partial charge in [0.2, 0.25) is 0 Å². The zero-order chi connectivity index (χ0) is 42.2. The van der Waals surface area contributed by atoms with Crippen LogP contribution in [0.4, 0.5) is 0 Å². The summed E-state index contributed by atoms with van der Waals surface area (Å²) in [5, 5.41) is 11.0. The van der Waals surface area contributed by atoms with Crippen molar-refractivity contribution in [3.63, 3.8) is 0 Å². The summed E-state index contributed by atoms with van der Waals surface area (Å²) < 4.78 is 73.7. The first-order valence-corrected chi connectivity index (χ1v) is 17.4. The molecule has 22 nitrogen and oxygen atoms in total. The van der Waals surface area contributed by atoms with Gasteiger partial charge >= 0.3 is 47.8 Å². The van der Waals surface area contributed by atoms with Gasteiger partial charge in [-0.25, -0.2) is 0 Å². The number of aliphatic hydroxyl groups excluding tert-OH is 1. The van der Waals surface area contributed by atoms with Crippen LogP contribution in [0.2, 0.25) is 0 Å². The molecule has 3 heterocycles. The molecular weight excluding hydrogens is 760 g/mol. The van der Waals surface area contributed by atoms with Gasteiger partial charge in [-0.05, 0) is 13.8 Å². The third-order valence-corrected chi connectivity index (χ3v) is 8.21. The van der Waals surface area contributed by atoms with Crippen LogP contribution in [0, 0.1) is 0 Å². The molecule has 0 bridgehead atoms. The quantitative estimate of drug-likeness (QED) is 0.173. The van der Waals surface area contributed by atoms with Crippen LogP contribution < -0.4 is 0 Å². The number of rotatable bonds is 13. The third-order valence-electron chi connectivity index (χ3n) is 8.21. The van der Waals surface area contributed by atoms with Gasteiger partial charge in [-0.15, -0.1) is 0 Å². The molecule has 3 aliphatic rings. The van der Waals surface area contributed by atoms with E-state index in [0.717, 1.165) is 55.4 Å². The molecule has 3 rings (SSSR count). The molecule has 22 heteroatoms. The summed E-state index contributed by atoms with van der Waals surface area (Å²) in [5.74, 6) is -7.01. The van der Waals surface area contributed by atoms with Crippen molar-refractivity contribution in [1.82, 2.24) is 0 Å². The number of aliphatic hydroxyl groups is 1. The predicted molar refractivity (Wildman–Crippen MR) is 175 cm³/mol. The fourth-order valence-corrected chi connectivity index (χ4v) is 6.33. The molecule has 3 saturated heterocycles. The molecule has 15 atom stereocenters. The van der Waals surface area contributed by atoms with Crippen LogP contribution in [-0.4, -0.2) is 152 Å². The molecule has 0 radical (unpaired) electrons. The highest BCUT2D eigenvalue weighted by Crippen LogP contribution is 2.37. The predicted octanol–water partition coefficient (Wildman–Crippen LogP) is -0.951. The van der Waals surface area contributed by atoms with E-state index < -0.39 is 146 Å². The molecule has 0 spiro atoms. The minimum absolute atomic E-state index is 0.595. The van der Waals surface area contributed by atoms with Crippen molar-refractivity contribution in [2.24, 2.45) is 0 Å². The van der Waals surface area contributed by atoms with E-state index >= 15 is 0 Å². The fraction of sp³-hybridized carbons (Fsp3) is 0.765. The molecule has 3 aliphatic heterocycles. The minimum Gasteiger partial charge on any atom is -0.463 e. The van der Waals surface area contributed by atoms with Crippen molar-refractivity contribution in [2.75, 3.05) is 6.61 Å².